The van der Waals surface area contributed by atoms with Gasteiger partial charge in [-0.15, -0.1) is 0 Å². The van der Waals surface area contributed by atoms with Crippen LogP contribution in [0.1, 0.15) is 74.7 Å². The summed E-state index contributed by atoms with van der Waals surface area (Å²) in [6.07, 6.45) is 6.68. The summed E-state index contributed by atoms with van der Waals surface area (Å²) in [5.41, 5.74) is 4.60. The molecule has 8 rings (SSSR count). The highest BCUT2D eigenvalue weighted by atomic mass is 35.5. The molecule has 1 amide bonds. The summed E-state index contributed by atoms with van der Waals surface area (Å²) < 4.78 is 56.0. The predicted octanol–water partition coefficient (Wildman–Crippen LogP) is 9.14. The van der Waals surface area contributed by atoms with Gasteiger partial charge in [-0.25, -0.2) is 17.5 Å². The molecule has 0 bridgehead atoms. The van der Waals surface area contributed by atoms with Crippen molar-refractivity contribution in [1.82, 2.24) is 14.5 Å². The van der Waals surface area contributed by atoms with Crippen molar-refractivity contribution in [3.05, 3.63) is 123 Å². The average molecular weight is 916 g/mol. The Morgan fingerprint density at radius 1 is 0.922 bits per heavy atom. The number of benzene rings is 4. The van der Waals surface area contributed by atoms with Crippen LogP contribution in [0.15, 0.2) is 95.4 Å². The zero-order valence-corrected chi connectivity index (χ0v) is 37.9. The first-order chi connectivity index (χ1) is 30.7. The van der Waals surface area contributed by atoms with Gasteiger partial charge in [0.1, 0.15) is 11.4 Å². The first kappa shape index (κ1) is 45.5. The van der Waals surface area contributed by atoms with Crippen LogP contribution in [0.25, 0.3) is 5.57 Å². The molecule has 1 aliphatic carbocycles. The lowest BCUT2D eigenvalue weighted by Gasteiger charge is -2.39. The van der Waals surface area contributed by atoms with Crippen LogP contribution in [-0.4, -0.2) is 100 Å². The highest BCUT2D eigenvalue weighted by Gasteiger charge is 2.32. The van der Waals surface area contributed by atoms with Gasteiger partial charge in [-0.2, -0.15) is 0 Å². The second-order valence-electron chi connectivity index (χ2n) is 18.1. The van der Waals surface area contributed by atoms with E-state index < -0.39 is 37.3 Å². The van der Waals surface area contributed by atoms with Crippen molar-refractivity contribution in [1.29, 1.82) is 0 Å². The maximum atomic E-state index is 15.0. The molecular formula is C48H56ClFN6O7S. The van der Waals surface area contributed by atoms with E-state index in [-0.39, 0.29) is 34.2 Å². The number of nitrogens with zero attached hydrogens (tertiary/aromatic N) is 4. The summed E-state index contributed by atoms with van der Waals surface area (Å²) in [5, 5.41) is 16.2. The Balaban J connectivity index is 0.960. The van der Waals surface area contributed by atoms with Crippen LogP contribution in [0, 0.1) is 21.3 Å². The molecule has 3 saturated heterocycles. The van der Waals surface area contributed by atoms with Crippen molar-refractivity contribution in [2.75, 3.05) is 69.2 Å². The molecule has 3 fully saturated rings. The van der Waals surface area contributed by atoms with Gasteiger partial charge in [0.15, 0.2) is 11.6 Å². The number of nitro groups is 1. The summed E-state index contributed by atoms with van der Waals surface area (Å²) >= 11 is 6.23. The molecule has 3 aliphatic heterocycles. The SMILES string of the molecule is CC1(C)CCC(CN2CCN(c3ccc(C(=O)NS(=O)(=O)c4ccc(NC5CCN(C6CCOCC6)CC5)c([N+](=O)[O-])c4)c(Oc4ccccc4F)c3)CC2)=C(c2ccc(Cl)cc2)C1. The highest BCUT2D eigenvalue weighted by Crippen LogP contribution is 2.43. The average Bonchev–Trinajstić information content (AvgIpc) is 3.28. The molecule has 2 N–H and O–H groups in total. The first-order valence-electron chi connectivity index (χ1n) is 22.2. The van der Waals surface area contributed by atoms with E-state index in [1.807, 2.05) is 12.1 Å². The maximum Gasteiger partial charge on any atom is 0.293 e. The number of carbonyl (C=O) groups is 1. The zero-order valence-electron chi connectivity index (χ0n) is 36.4. The summed E-state index contributed by atoms with van der Waals surface area (Å²) in [5.74, 6) is -1.89. The van der Waals surface area contributed by atoms with E-state index >= 15 is 0 Å². The van der Waals surface area contributed by atoms with Crippen LogP contribution in [0.3, 0.4) is 0 Å². The number of amides is 1. The number of piperazine rings is 1. The van der Waals surface area contributed by atoms with E-state index in [1.165, 1.54) is 53.1 Å². The minimum Gasteiger partial charge on any atom is -0.453 e. The van der Waals surface area contributed by atoms with E-state index in [2.05, 4.69) is 50.7 Å². The fourth-order valence-corrected chi connectivity index (χ4v) is 10.5. The van der Waals surface area contributed by atoms with Crippen LogP contribution in [0.5, 0.6) is 11.5 Å². The van der Waals surface area contributed by atoms with E-state index in [0.29, 0.717) is 24.2 Å². The van der Waals surface area contributed by atoms with Crippen LogP contribution in [-0.2, 0) is 14.8 Å². The summed E-state index contributed by atoms with van der Waals surface area (Å²) in [7, 11) is -4.61. The Morgan fingerprint density at radius 2 is 1.64 bits per heavy atom. The van der Waals surface area contributed by atoms with Gasteiger partial charge in [0.25, 0.3) is 21.6 Å². The third-order valence-electron chi connectivity index (χ3n) is 13.1. The lowest BCUT2D eigenvalue weighted by Crippen LogP contribution is -2.47. The van der Waals surface area contributed by atoms with E-state index in [9.17, 15) is 27.7 Å². The van der Waals surface area contributed by atoms with Crippen molar-refractivity contribution < 1.29 is 32.0 Å². The molecule has 0 radical (unpaired) electrons. The number of hydrogen-bond donors (Lipinski definition) is 2. The highest BCUT2D eigenvalue weighted by molar-refractivity contribution is 7.90. The number of halogens is 2. The topological polar surface area (TPSA) is 147 Å². The first-order valence-corrected chi connectivity index (χ1v) is 24.0. The lowest BCUT2D eigenvalue weighted by atomic mass is 9.72. The molecule has 4 aromatic carbocycles. The summed E-state index contributed by atoms with van der Waals surface area (Å²) in [6, 6.07) is 22.7. The molecule has 16 heteroatoms. The standard InChI is InChI=1S/C48H56ClFN6O7S/c1-48(2)20-15-34(41(31-48)33-7-9-35(49)10-8-33)32-53-23-25-55(26-24-53)38-11-13-40(46(29-38)63-45-6-4-3-5-42(45)50)47(57)52-64(60,61)39-12-14-43(44(30-39)56(58)59)51-36-16-21-54(22-17-36)37-18-27-62-28-19-37/h3-14,29-30,36-37,51H,15-28,31-32H2,1-2H3,(H,52,57). The molecule has 0 aromatic heterocycles. The summed E-state index contributed by atoms with van der Waals surface area (Å²) in [4.78, 5) is 32.1. The molecule has 0 atom stereocenters. The molecule has 13 nitrogen and oxygen atoms in total. The minimum atomic E-state index is -4.61. The third-order valence-corrected chi connectivity index (χ3v) is 14.7. The predicted molar refractivity (Wildman–Crippen MR) is 247 cm³/mol. The fourth-order valence-electron chi connectivity index (χ4n) is 9.39. The number of likely N-dealkylation sites (tertiary alicyclic amines) is 1. The third kappa shape index (κ3) is 10.9. The molecule has 0 unspecified atom stereocenters. The molecule has 4 aliphatic rings. The molecular weight excluding hydrogens is 859 g/mol. The number of allylic oxidation sites excluding steroid dienone is 1. The lowest BCUT2D eigenvalue weighted by molar-refractivity contribution is -0.384. The number of carbonyl (C=O) groups excluding carboxylic acids is 1. The van der Waals surface area contributed by atoms with E-state index in [4.69, 9.17) is 21.1 Å². The van der Waals surface area contributed by atoms with Gasteiger partial charge in [-0.3, -0.25) is 19.8 Å². The summed E-state index contributed by atoms with van der Waals surface area (Å²) in [6.45, 7) is 11.6. The Labute approximate surface area is 379 Å². The van der Waals surface area contributed by atoms with Crippen molar-refractivity contribution >= 4 is 50.2 Å². The number of nitrogens with one attached hydrogen (secondary N) is 2. The van der Waals surface area contributed by atoms with Crippen LogP contribution in [0.2, 0.25) is 5.02 Å². The molecule has 4 aromatic rings. The van der Waals surface area contributed by atoms with Crippen LogP contribution < -0.4 is 19.7 Å². The van der Waals surface area contributed by atoms with Crippen LogP contribution >= 0.6 is 11.6 Å². The molecule has 3 heterocycles. The number of rotatable bonds is 13. The van der Waals surface area contributed by atoms with Crippen molar-refractivity contribution in [2.45, 2.75) is 75.8 Å². The number of sulfonamides is 1. The second kappa shape index (κ2) is 19.6. The number of para-hydroxylation sites is 1. The quantitative estimate of drug-likeness (QED) is 0.0978. The number of hydrogen-bond acceptors (Lipinski definition) is 11. The van der Waals surface area contributed by atoms with Gasteiger partial charge >= 0.3 is 0 Å². The largest absolute Gasteiger partial charge is 0.453 e. The Bertz CT molecular complexity index is 2480. The van der Waals surface area contributed by atoms with Gasteiger partial charge in [0.2, 0.25) is 0 Å². The second-order valence-corrected chi connectivity index (χ2v) is 20.2. The Morgan fingerprint density at radius 3 is 2.34 bits per heavy atom. The monoisotopic (exact) mass is 914 g/mol. The number of anilines is 2. The van der Waals surface area contributed by atoms with E-state index in [1.54, 1.807) is 18.2 Å². The van der Waals surface area contributed by atoms with Crippen molar-refractivity contribution in [2.24, 2.45) is 5.41 Å². The van der Waals surface area contributed by atoms with Crippen LogP contribution in [0.4, 0.5) is 21.5 Å². The minimum absolute atomic E-state index is 0.0299. The molecule has 64 heavy (non-hydrogen) atoms. The van der Waals surface area contributed by atoms with Crippen molar-refractivity contribution in [3.8, 4) is 11.5 Å². The Hall–Kier alpha value is -5.06. The van der Waals surface area contributed by atoms with E-state index in [0.717, 1.165) is 103 Å². The Kier molecular flexibility index (Phi) is 13.9. The fraction of sp³-hybridized carbons (Fsp3) is 0.438. The number of nitro benzene ring substituents is 1. The molecule has 0 spiro atoms. The molecule has 340 valence electrons. The normalized spacial score (nSPS) is 19.3. The van der Waals surface area contributed by atoms with Gasteiger partial charge in [-0.1, -0.05) is 55.3 Å². The number of piperidine rings is 1. The van der Waals surface area contributed by atoms with Gasteiger partial charge in [-0.05, 0) is 110 Å². The maximum absolute atomic E-state index is 15.0. The smallest absolute Gasteiger partial charge is 0.293 e. The van der Waals surface area contributed by atoms with Crippen molar-refractivity contribution in [3.63, 3.8) is 0 Å². The number of ether oxygens (including phenoxy) is 2. The van der Waals surface area contributed by atoms with Gasteiger partial charge in [0, 0.05) is 94.0 Å². The zero-order chi connectivity index (χ0) is 45.0. The van der Waals surface area contributed by atoms with Gasteiger partial charge in [0.05, 0.1) is 15.4 Å². The van der Waals surface area contributed by atoms with Gasteiger partial charge < -0.3 is 24.6 Å². The molecule has 0 saturated carbocycles.